The third-order valence-electron chi connectivity index (χ3n) is 1.55. The Kier molecular flexibility index (Phi) is 2.97. The van der Waals surface area contributed by atoms with Crippen LogP contribution in [-0.4, -0.2) is 32.7 Å². The van der Waals surface area contributed by atoms with E-state index in [-0.39, 0.29) is 5.71 Å². The summed E-state index contributed by atoms with van der Waals surface area (Å²) in [6.45, 7) is -0.137. The van der Waals surface area contributed by atoms with E-state index in [9.17, 15) is 8.78 Å². The molecule has 0 aromatic carbocycles. The summed E-state index contributed by atoms with van der Waals surface area (Å²) in [5, 5.41) is 1.94. The van der Waals surface area contributed by atoms with Crippen LogP contribution in [0.5, 0.6) is 0 Å². The van der Waals surface area contributed by atoms with Crippen LogP contribution in [0.1, 0.15) is 6.42 Å². The van der Waals surface area contributed by atoms with Gasteiger partial charge in [-0.25, -0.2) is 0 Å². The third-order valence-corrected chi connectivity index (χ3v) is 1.55. The number of hydrogen-bond acceptors (Lipinski definition) is 2. The van der Waals surface area contributed by atoms with E-state index in [1.165, 1.54) is 6.08 Å². The van der Waals surface area contributed by atoms with Gasteiger partial charge in [0.25, 0.3) is 5.92 Å². The first-order valence-corrected chi connectivity index (χ1v) is 3.69. The lowest BCUT2D eigenvalue weighted by Crippen LogP contribution is -2.38. The molecule has 1 N–H and O–H groups in total. The fourth-order valence-corrected chi connectivity index (χ4v) is 0.964. The summed E-state index contributed by atoms with van der Waals surface area (Å²) in [6.07, 6.45) is 3.77. The van der Waals surface area contributed by atoms with E-state index >= 15 is 0 Å². The molecule has 2 nitrogen and oxygen atoms in total. The zero-order chi connectivity index (χ0) is 9.03. The second-order valence-corrected chi connectivity index (χ2v) is 2.54. The van der Waals surface area contributed by atoms with Gasteiger partial charge in [0, 0.05) is 6.54 Å². The molecule has 0 amide bonds. The van der Waals surface area contributed by atoms with Crippen LogP contribution in [0.25, 0.3) is 0 Å². The molecule has 0 bridgehead atoms. The van der Waals surface area contributed by atoms with E-state index in [2.05, 4.69) is 4.99 Å². The van der Waals surface area contributed by atoms with E-state index in [4.69, 9.17) is 7.98 Å². The third kappa shape index (κ3) is 2.14. The number of hydrogen-bond donors (Lipinski definition) is 1. The molecule has 64 valence electrons. The highest BCUT2D eigenvalue weighted by Gasteiger charge is 2.33. The summed E-state index contributed by atoms with van der Waals surface area (Å²) in [7, 11) is 4.81. The fourth-order valence-electron chi connectivity index (χ4n) is 0.964. The van der Waals surface area contributed by atoms with E-state index in [1.54, 1.807) is 6.08 Å². The summed E-state index contributed by atoms with van der Waals surface area (Å²) in [5.74, 6) is -2.95. The van der Waals surface area contributed by atoms with Crippen molar-refractivity contribution in [3.05, 3.63) is 12.2 Å². The Morgan fingerprint density at radius 2 is 2.42 bits per heavy atom. The lowest BCUT2D eigenvalue weighted by Gasteiger charge is -2.17. The minimum atomic E-state index is -2.95. The summed E-state index contributed by atoms with van der Waals surface area (Å²) < 4.78 is 26.0. The zero-order valence-corrected chi connectivity index (χ0v) is 6.56. The molecule has 0 saturated carbocycles. The molecule has 0 aromatic rings. The van der Waals surface area contributed by atoms with Gasteiger partial charge in [0.15, 0.2) is 7.98 Å². The molecule has 2 radical (unpaired) electrons. The van der Waals surface area contributed by atoms with Gasteiger partial charge in [0.2, 0.25) is 0 Å². The highest BCUT2D eigenvalue weighted by atomic mass is 19.3. The average Bonchev–Trinajstić information content (AvgIpc) is 2.06. The molecule has 0 unspecified atom stereocenters. The van der Waals surface area contributed by atoms with E-state index in [1.807, 2.05) is 5.23 Å². The summed E-state index contributed by atoms with van der Waals surface area (Å²) >= 11 is 0. The summed E-state index contributed by atoms with van der Waals surface area (Å²) in [4.78, 5) is 3.70. The molecule has 1 aliphatic rings. The molecule has 0 saturated heterocycles. The Labute approximate surface area is 71.2 Å². The van der Waals surface area contributed by atoms with Gasteiger partial charge in [-0.3, -0.25) is 4.99 Å². The predicted molar refractivity (Wildman–Crippen MR) is 44.8 cm³/mol. The molecule has 1 aliphatic heterocycles. The van der Waals surface area contributed by atoms with Crippen molar-refractivity contribution in [1.29, 1.82) is 0 Å². The van der Waals surface area contributed by atoms with Crippen molar-refractivity contribution < 1.29 is 8.78 Å². The minimum Gasteiger partial charge on any atom is -0.361 e. The van der Waals surface area contributed by atoms with Crippen LogP contribution in [0.3, 0.4) is 0 Å². The van der Waals surface area contributed by atoms with Crippen molar-refractivity contribution in [2.24, 2.45) is 4.99 Å². The Morgan fingerprint density at radius 1 is 1.67 bits per heavy atom. The van der Waals surface area contributed by atoms with Gasteiger partial charge < -0.3 is 5.23 Å². The SMILES string of the molecule is [B]NCC(F)(F)C1=NCCC=C1. The minimum absolute atomic E-state index is 0.188. The molecule has 0 aromatic heterocycles. The maximum absolute atomic E-state index is 13.0. The van der Waals surface area contributed by atoms with E-state index < -0.39 is 12.5 Å². The average molecular weight is 170 g/mol. The van der Waals surface area contributed by atoms with E-state index in [0.717, 1.165) is 6.42 Å². The number of dihydropyridines is 1. The highest BCUT2D eigenvalue weighted by molar-refractivity contribution is 6.06. The van der Waals surface area contributed by atoms with Gasteiger partial charge in [0.05, 0.1) is 6.54 Å². The highest BCUT2D eigenvalue weighted by Crippen LogP contribution is 2.17. The van der Waals surface area contributed by atoms with Crippen molar-refractivity contribution in [1.82, 2.24) is 5.23 Å². The van der Waals surface area contributed by atoms with Crippen LogP contribution in [0.2, 0.25) is 0 Å². The van der Waals surface area contributed by atoms with Crippen molar-refractivity contribution in [2.75, 3.05) is 13.1 Å². The second-order valence-electron chi connectivity index (χ2n) is 2.54. The Morgan fingerprint density at radius 3 is 2.92 bits per heavy atom. The van der Waals surface area contributed by atoms with E-state index in [0.29, 0.717) is 6.54 Å². The Balaban J connectivity index is 2.66. The van der Waals surface area contributed by atoms with Crippen LogP contribution in [-0.2, 0) is 0 Å². The van der Waals surface area contributed by atoms with Gasteiger partial charge in [-0.2, -0.15) is 8.78 Å². The first-order valence-electron chi connectivity index (χ1n) is 3.69. The van der Waals surface area contributed by atoms with Gasteiger partial charge in [-0.05, 0) is 12.5 Å². The number of rotatable bonds is 3. The zero-order valence-electron chi connectivity index (χ0n) is 6.56. The lowest BCUT2D eigenvalue weighted by molar-refractivity contribution is 0.0845. The molecule has 1 heterocycles. The first-order chi connectivity index (χ1) is 5.67. The number of alkyl halides is 2. The maximum Gasteiger partial charge on any atom is 0.300 e. The molecule has 0 aliphatic carbocycles. The van der Waals surface area contributed by atoms with Crippen molar-refractivity contribution in [3.63, 3.8) is 0 Å². The fraction of sp³-hybridized carbons (Fsp3) is 0.571. The Bertz CT molecular complexity index is 213. The quantitative estimate of drug-likeness (QED) is 0.619. The Hall–Kier alpha value is -0.705. The van der Waals surface area contributed by atoms with Gasteiger partial charge >= 0.3 is 0 Å². The maximum atomic E-state index is 13.0. The van der Waals surface area contributed by atoms with Crippen LogP contribution in [0.15, 0.2) is 17.1 Å². The van der Waals surface area contributed by atoms with Crippen LogP contribution < -0.4 is 5.23 Å². The summed E-state index contributed by atoms with van der Waals surface area (Å²) in [6, 6.07) is 0. The molecule has 0 atom stereocenters. The van der Waals surface area contributed by atoms with Crippen LogP contribution in [0.4, 0.5) is 8.78 Å². The van der Waals surface area contributed by atoms with Gasteiger partial charge in [-0.15, -0.1) is 0 Å². The first kappa shape index (κ1) is 9.38. The molecule has 0 fully saturated rings. The van der Waals surface area contributed by atoms with Gasteiger partial charge in [0.1, 0.15) is 5.71 Å². The molecule has 1 rings (SSSR count). The molecule has 12 heavy (non-hydrogen) atoms. The van der Waals surface area contributed by atoms with Crippen LogP contribution in [0, 0.1) is 0 Å². The number of aliphatic imine (C=N–C) groups is 1. The van der Waals surface area contributed by atoms with Crippen molar-refractivity contribution in [2.45, 2.75) is 12.3 Å². The normalized spacial score (nSPS) is 17.7. The van der Waals surface area contributed by atoms with Crippen molar-refractivity contribution >= 4 is 13.7 Å². The largest absolute Gasteiger partial charge is 0.361 e. The van der Waals surface area contributed by atoms with Crippen LogP contribution >= 0.6 is 0 Å². The number of nitrogens with zero attached hydrogens (tertiary/aromatic N) is 1. The number of nitrogens with one attached hydrogen (secondary N) is 1. The molecule has 5 heteroatoms. The smallest absolute Gasteiger partial charge is 0.300 e. The predicted octanol–water partition coefficient (Wildman–Crippen LogP) is 0.696. The number of halogens is 2. The monoisotopic (exact) mass is 170 g/mol. The summed E-state index contributed by atoms with van der Waals surface area (Å²) in [5.41, 5.74) is -0.188. The second kappa shape index (κ2) is 3.80. The topological polar surface area (TPSA) is 24.4 Å². The molecule has 0 spiro atoms. The van der Waals surface area contributed by atoms with Crippen molar-refractivity contribution in [3.8, 4) is 0 Å². The molecular formula is C7H9BF2N2. The standard InChI is InChI=1S/C7H9BF2N2/c8-12-5-7(9,10)6-3-1-2-4-11-6/h1,3,12H,2,4-5H2. The molecular weight excluding hydrogens is 161 g/mol. The lowest BCUT2D eigenvalue weighted by atomic mass is 10.1. The van der Waals surface area contributed by atoms with Gasteiger partial charge in [-0.1, -0.05) is 6.08 Å². The number of allylic oxidation sites excluding steroid dienone is 1.